The van der Waals surface area contributed by atoms with E-state index in [4.69, 9.17) is 5.73 Å². The summed E-state index contributed by atoms with van der Waals surface area (Å²) < 4.78 is 0. The summed E-state index contributed by atoms with van der Waals surface area (Å²) >= 11 is 0. The van der Waals surface area contributed by atoms with Crippen LogP contribution < -0.4 is 5.73 Å². The molecule has 2 N–H and O–H groups in total. The molecule has 0 aliphatic carbocycles. The Morgan fingerprint density at radius 1 is 1.00 bits per heavy atom. The Labute approximate surface area is 121 Å². The van der Waals surface area contributed by atoms with Gasteiger partial charge in [-0.15, -0.1) is 0 Å². The van der Waals surface area contributed by atoms with Crippen molar-refractivity contribution in [2.45, 2.75) is 66.7 Å². The zero-order valence-electron chi connectivity index (χ0n) is 14.0. The maximum atomic E-state index is 5.67. The topological polar surface area (TPSA) is 29.3 Å². The van der Waals surface area contributed by atoms with E-state index in [-0.39, 0.29) is 0 Å². The van der Waals surface area contributed by atoms with Gasteiger partial charge in [0.15, 0.2) is 0 Å². The lowest BCUT2D eigenvalue weighted by molar-refractivity contribution is 0.108. The van der Waals surface area contributed by atoms with E-state index in [2.05, 4.69) is 39.5 Å². The van der Waals surface area contributed by atoms with Crippen molar-refractivity contribution < 1.29 is 0 Å². The van der Waals surface area contributed by atoms with Crippen LogP contribution in [-0.4, -0.2) is 31.1 Å². The molecule has 1 fully saturated rings. The van der Waals surface area contributed by atoms with E-state index >= 15 is 0 Å². The molecule has 0 amide bonds. The highest BCUT2D eigenvalue weighted by molar-refractivity contribution is 4.81. The number of rotatable bonds is 6. The Bertz CT molecular complexity index is 244. The zero-order valence-corrected chi connectivity index (χ0v) is 14.0. The molecule has 0 aromatic rings. The SMILES string of the molecule is CC(C)(CCN)CCCN1CCC(C(C)(C)C)CC1. The van der Waals surface area contributed by atoms with Gasteiger partial charge in [0.2, 0.25) is 0 Å². The van der Waals surface area contributed by atoms with Crippen LogP contribution in [0.25, 0.3) is 0 Å². The third-order valence-electron chi connectivity index (χ3n) is 4.96. The fourth-order valence-corrected chi connectivity index (χ4v) is 3.32. The minimum absolute atomic E-state index is 0.429. The first-order chi connectivity index (χ1) is 8.74. The number of hydrogen-bond acceptors (Lipinski definition) is 2. The molecule has 1 rings (SSSR count). The molecule has 1 saturated heterocycles. The maximum Gasteiger partial charge on any atom is -0.00159 e. The molecular formula is C17H36N2. The molecule has 1 aliphatic heterocycles. The summed E-state index contributed by atoms with van der Waals surface area (Å²) in [6, 6.07) is 0. The number of likely N-dealkylation sites (tertiary alicyclic amines) is 1. The van der Waals surface area contributed by atoms with Gasteiger partial charge in [-0.2, -0.15) is 0 Å². The first-order valence-corrected chi connectivity index (χ1v) is 8.17. The van der Waals surface area contributed by atoms with Crippen LogP contribution in [0.2, 0.25) is 0 Å². The quantitative estimate of drug-likeness (QED) is 0.791. The Kier molecular flexibility index (Phi) is 6.32. The molecule has 0 saturated carbocycles. The third-order valence-corrected chi connectivity index (χ3v) is 4.96. The van der Waals surface area contributed by atoms with Gasteiger partial charge in [-0.05, 0) is 75.0 Å². The number of nitrogens with two attached hydrogens (primary N) is 1. The Morgan fingerprint density at radius 2 is 1.58 bits per heavy atom. The van der Waals surface area contributed by atoms with Gasteiger partial charge in [-0.25, -0.2) is 0 Å². The van der Waals surface area contributed by atoms with E-state index in [1.54, 1.807) is 0 Å². The summed E-state index contributed by atoms with van der Waals surface area (Å²) in [5.41, 5.74) is 6.60. The molecule has 1 heterocycles. The van der Waals surface area contributed by atoms with Gasteiger partial charge >= 0.3 is 0 Å². The van der Waals surface area contributed by atoms with E-state index < -0.39 is 0 Å². The monoisotopic (exact) mass is 268 g/mol. The van der Waals surface area contributed by atoms with Crippen molar-refractivity contribution in [2.75, 3.05) is 26.2 Å². The van der Waals surface area contributed by atoms with Gasteiger partial charge in [0, 0.05) is 0 Å². The van der Waals surface area contributed by atoms with E-state index in [0.717, 1.165) is 18.9 Å². The van der Waals surface area contributed by atoms with Crippen molar-refractivity contribution in [3.63, 3.8) is 0 Å². The lowest BCUT2D eigenvalue weighted by Crippen LogP contribution is -2.38. The fraction of sp³-hybridized carbons (Fsp3) is 1.00. The van der Waals surface area contributed by atoms with E-state index in [1.807, 2.05) is 0 Å². The standard InChI is InChI=1S/C17H36N2/c1-16(2,3)15-7-13-19(14-8-15)12-6-9-17(4,5)10-11-18/h15H,6-14,18H2,1-5H3. The minimum Gasteiger partial charge on any atom is -0.330 e. The lowest BCUT2D eigenvalue weighted by Gasteiger charge is -2.39. The summed E-state index contributed by atoms with van der Waals surface area (Å²) in [5.74, 6) is 0.914. The fourth-order valence-electron chi connectivity index (χ4n) is 3.32. The number of hydrogen-bond donors (Lipinski definition) is 1. The maximum absolute atomic E-state index is 5.67. The van der Waals surface area contributed by atoms with Crippen LogP contribution in [0, 0.1) is 16.7 Å². The third kappa shape index (κ3) is 6.27. The molecule has 2 heteroatoms. The average molecular weight is 268 g/mol. The Morgan fingerprint density at radius 3 is 2.05 bits per heavy atom. The van der Waals surface area contributed by atoms with Crippen LogP contribution in [0.5, 0.6) is 0 Å². The van der Waals surface area contributed by atoms with Crippen LogP contribution in [0.4, 0.5) is 0 Å². The summed E-state index contributed by atoms with van der Waals surface area (Å²) in [6.45, 7) is 16.6. The lowest BCUT2D eigenvalue weighted by atomic mass is 9.75. The van der Waals surface area contributed by atoms with Crippen molar-refractivity contribution >= 4 is 0 Å². The highest BCUT2D eigenvalue weighted by Crippen LogP contribution is 2.34. The normalized spacial score (nSPS) is 19.9. The van der Waals surface area contributed by atoms with Gasteiger partial charge in [0.1, 0.15) is 0 Å². The minimum atomic E-state index is 0.429. The molecule has 0 unspecified atom stereocenters. The van der Waals surface area contributed by atoms with Crippen molar-refractivity contribution in [1.82, 2.24) is 4.90 Å². The van der Waals surface area contributed by atoms with Gasteiger partial charge in [-0.3, -0.25) is 0 Å². The molecule has 0 spiro atoms. The molecule has 0 radical (unpaired) electrons. The first-order valence-electron chi connectivity index (χ1n) is 8.17. The zero-order chi connectivity index (χ0) is 14.5. The summed E-state index contributed by atoms with van der Waals surface area (Å²) in [6.07, 6.45) is 6.56. The highest BCUT2D eigenvalue weighted by atomic mass is 15.1. The average Bonchev–Trinajstić information content (AvgIpc) is 2.28. The van der Waals surface area contributed by atoms with Gasteiger partial charge < -0.3 is 10.6 Å². The largest absolute Gasteiger partial charge is 0.330 e. The second kappa shape index (κ2) is 7.08. The molecule has 0 atom stereocenters. The second-order valence-electron chi connectivity index (χ2n) is 8.29. The molecule has 1 aliphatic rings. The summed E-state index contributed by atoms with van der Waals surface area (Å²) in [7, 11) is 0. The molecule has 114 valence electrons. The highest BCUT2D eigenvalue weighted by Gasteiger charge is 2.28. The van der Waals surface area contributed by atoms with Crippen molar-refractivity contribution in [3.8, 4) is 0 Å². The van der Waals surface area contributed by atoms with Crippen LogP contribution >= 0.6 is 0 Å². The van der Waals surface area contributed by atoms with Crippen molar-refractivity contribution in [2.24, 2.45) is 22.5 Å². The van der Waals surface area contributed by atoms with Gasteiger partial charge in [-0.1, -0.05) is 34.6 Å². The van der Waals surface area contributed by atoms with Gasteiger partial charge in [0.05, 0.1) is 0 Å². The smallest absolute Gasteiger partial charge is 0.00159 e. The van der Waals surface area contributed by atoms with Crippen LogP contribution in [0.3, 0.4) is 0 Å². The van der Waals surface area contributed by atoms with E-state index in [9.17, 15) is 0 Å². The van der Waals surface area contributed by atoms with Crippen LogP contribution in [0.15, 0.2) is 0 Å². The second-order valence-corrected chi connectivity index (χ2v) is 8.29. The molecule has 2 nitrogen and oxygen atoms in total. The van der Waals surface area contributed by atoms with E-state index in [1.165, 1.54) is 45.3 Å². The van der Waals surface area contributed by atoms with Gasteiger partial charge in [0.25, 0.3) is 0 Å². The predicted octanol–water partition coefficient (Wildman–Crippen LogP) is 3.90. The van der Waals surface area contributed by atoms with E-state index in [0.29, 0.717) is 10.8 Å². The molecular weight excluding hydrogens is 232 g/mol. The Balaban J connectivity index is 2.20. The van der Waals surface area contributed by atoms with Crippen molar-refractivity contribution in [3.05, 3.63) is 0 Å². The number of nitrogens with zero attached hydrogens (tertiary/aromatic N) is 1. The predicted molar refractivity (Wildman–Crippen MR) is 85.3 cm³/mol. The number of piperidine rings is 1. The molecule has 0 aromatic heterocycles. The molecule has 19 heavy (non-hydrogen) atoms. The molecule has 0 aromatic carbocycles. The van der Waals surface area contributed by atoms with Crippen LogP contribution in [-0.2, 0) is 0 Å². The first kappa shape index (κ1) is 17.0. The summed E-state index contributed by atoms with van der Waals surface area (Å²) in [5, 5.41) is 0. The molecule has 0 bridgehead atoms. The van der Waals surface area contributed by atoms with Crippen molar-refractivity contribution in [1.29, 1.82) is 0 Å². The summed E-state index contributed by atoms with van der Waals surface area (Å²) in [4.78, 5) is 2.67. The Hall–Kier alpha value is -0.0800. The van der Waals surface area contributed by atoms with Crippen LogP contribution in [0.1, 0.15) is 66.7 Å².